The first kappa shape index (κ1) is 21.9. The maximum Gasteiger partial charge on any atom is 0.0462 e. The number of aliphatic hydroxyl groups excluding tert-OH is 1. The summed E-state index contributed by atoms with van der Waals surface area (Å²) in [4.78, 5) is 0. The van der Waals surface area contributed by atoms with E-state index < -0.39 is 0 Å². The molecule has 0 bridgehead atoms. The predicted octanol–water partition coefficient (Wildman–Crippen LogP) is 7.53. The second-order valence-electron chi connectivity index (χ2n) is 13.1. The molecule has 3 saturated carbocycles. The Balaban J connectivity index is 1.28. The number of hydrogen-bond acceptors (Lipinski definition) is 1. The number of rotatable bonds is 5. The largest absolute Gasteiger partial charge is 0.396 e. The molecule has 6 rings (SSSR count). The molecule has 0 amide bonds. The van der Waals surface area contributed by atoms with E-state index in [1.54, 1.807) is 5.57 Å². The molecule has 0 heterocycles. The van der Waals surface area contributed by atoms with Crippen molar-refractivity contribution in [2.24, 2.45) is 45.3 Å². The van der Waals surface area contributed by atoms with Crippen LogP contribution in [0.5, 0.6) is 0 Å². The first-order valence-electron chi connectivity index (χ1n) is 13.5. The molecule has 3 fully saturated rings. The van der Waals surface area contributed by atoms with Gasteiger partial charge in [0.1, 0.15) is 0 Å². The normalized spacial score (nSPS) is 43.1. The monoisotopic (exact) mass is 442 g/mol. The lowest BCUT2D eigenvalue weighted by Crippen LogP contribution is -2.51. The number of benzene rings is 1. The van der Waals surface area contributed by atoms with Gasteiger partial charge in [0.2, 0.25) is 0 Å². The Hall–Kier alpha value is -1.60. The minimum atomic E-state index is 0.288. The minimum Gasteiger partial charge on any atom is -0.396 e. The smallest absolute Gasteiger partial charge is 0.0462 e. The average molecular weight is 443 g/mol. The lowest BCUT2D eigenvalue weighted by molar-refractivity contribution is 0.0207. The summed E-state index contributed by atoms with van der Waals surface area (Å²) in [6.45, 7) is 12.6. The van der Waals surface area contributed by atoms with E-state index in [1.165, 1.54) is 56.1 Å². The van der Waals surface area contributed by atoms with Crippen molar-refractivity contribution in [3.63, 3.8) is 0 Å². The molecule has 7 atom stereocenters. The fourth-order valence-electron chi connectivity index (χ4n) is 10.1. The Morgan fingerprint density at radius 2 is 1.85 bits per heavy atom. The summed E-state index contributed by atoms with van der Waals surface area (Å²) in [6.07, 6.45) is 17.9. The van der Waals surface area contributed by atoms with Gasteiger partial charge in [0.15, 0.2) is 0 Å². The Bertz CT molecular complexity index is 1010. The van der Waals surface area contributed by atoms with Crippen LogP contribution in [0.15, 0.2) is 66.3 Å². The Morgan fingerprint density at radius 3 is 2.61 bits per heavy atom. The molecule has 0 aliphatic heterocycles. The molecular formula is C32H42O. The van der Waals surface area contributed by atoms with Crippen LogP contribution in [0.2, 0.25) is 0 Å². The Kier molecular flexibility index (Phi) is 4.78. The molecule has 0 aromatic heterocycles. The second-order valence-corrected chi connectivity index (χ2v) is 13.1. The Morgan fingerprint density at radius 1 is 1.09 bits per heavy atom. The van der Waals surface area contributed by atoms with Crippen molar-refractivity contribution in [1.82, 2.24) is 0 Å². The topological polar surface area (TPSA) is 20.2 Å². The summed E-state index contributed by atoms with van der Waals surface area (Å²) in [6, 6.07) is 10.8. The molecule has 0 saturated heterocycles. The molecular weight excluding hydrogens is 400 g/mol. The second kappa shape index (κ2) is 7.20. The van der Waals surface area contributed by atoms with Crippen LogP contribution < -0.4 is 0 Å². The van der Waals surface area contributed by atoms with E-state index in [2.05, 4.69) is 75.9 Å². The zero-order valence-corrected chi connectivity index (χ0v) is 20.9. The average Bonchev–Trinajstić information content (AvgIpc) is 3.09. The molecule has 1 nitrogen and oxygen atoms in total. The van der Waals surface area contributed by atoms with Crippen LogP contribution in [0.3, 0.4) is 0 Å². The van der Waals surface area contributed by atoms with E-state index in [0.717, 1.165) is 18.3 Å². The van der Waals surface area contributed by atoms with Gasteiger partial charge in [-0.15, -0.1) is 0 Å². The summed E-state index contributed by atoms with van der Waals surface area (Å²) in [5.74, 6) is 2.53. The molecule has 33 heavy (non-hydrogen) atoms. The van der Waals surface area contributed by atoms with Crippen molar-refractivity contribution in [2.45, 2.75) is 72.1 Å². The SMILES string of the molecule is C=C1C=C2[C@]3(CC[C@H](C[C@H](CO)Cc4ccccc4)C3)CC[C@H]3CC=C[C@@]4([C@H]1C4(C)C)[C@@]23C. The number of hydrogen-bond donors (Lipinski definition) is 1. The highest BCUT2D eigenvalue weighted by molar-refractivity contribution is 5.55. The van der Waals surface area contributed by atoms with E-state index in [1.807, 2.05) is 0 Å². The highest BCUT2D eigenvalue weighted by Gasteiger charge is 2.81. The van der Waals surface area contributed by atoms with Gasteiger partial charge >= 0.3 is 0 Å². The lowest BCUT2D eigenvalue weighted by Gasteiger charge is -2.60. The van der Waals surface area contributed by atoms with Crippen LogP contribution in [-0.2, 0) is 6.42 Å². The van der Waals surface area contributed by atoms with Crippen molar-refractivity contribution in [3.8, 4) is 0 Å². The van der Waals surface area contributed by atoms with Gasteiger partial charge in [-0.25, -0.2) is 0 Å². The zero-order chi connectivity index (χ0) is 23.1. The van der Waals surface area contributed by atoms with Gasteiger partial charge in [0.25, 0.3) is 0 Å². The lowest BCUT2D eigenvalue weighted by atomic mass is 9.44. The van der Waals surface area contributed by atoms with Gasteiger partial charge in [-0.3, -0.25) is 0 Å². The maximum atomic E-state index is 10.2. The predicted molar refractivity (Wildman–Crippen MR) is 137 cm³/mol. The third-order valence-electron chi connectivity index (χ3n) is 11.4. The fraction of sp³-hybridized carbons (Fsp3) is 0.625. The summed E-state index contributed by atoms with van der Waals surface area (Å²) in [7, 11) is 0. The van der Waals surface area contributed by atoms with Crippen molar-refractivity contribution < 1.29 is 5.11 Å². The van der Waals surface area contributed by atoms with Gasteiger partial charge in [0, 0.05) is 17.4 Å². The highest BCUT2D eigenvalue weighted by Crippen LogP contribution is 2.87. The molecule has 5 aliphatic carbocycles. The molecule has 1 aromatic carbocycles. The van der Waals surface area contributed by atoms with Gasteiger partial charge in [-0.1, -0.05) is 87.1 Å². The van der Waals surface area contributed by atoms with Crippen molar-refractivity contribution in [3.05, 3.63) is 71.8 Å². The van der Waals surface area contributed by atoms with Crippen LogP contribution >= 0.6 is 0 Å². The first-order chi connectivity index (χ1) is 15.8. The van der Waals surface area contributed by atoms with E-state index >= 15 is 0 Å². The molecule has 5 aliphatic rings. The van der Waals surface area contributed by atoms with Crippen molar-refractivity contribution in [1.29, 1.82) is 0 Å². The molecule has 2 spiro atoms. The standard InChI is InChI=1S/C32H42O/c1-22-17-27-30(4)26(11-8-14-32(30)28(22)29(32,2)3)13-16-31(27)15-12-24(20-31)19-25(21-33)18-23-9-6-5-7-10-23/h5-10,14,17,24-26,28,33H,1,11-13,15-16,18-21H2,2-4H3/t24-,25-,26-,28-,30-,31-,32+/m1/s1. The summed E-state index contributed by atoms with van der Waals surface area (Å²) < 4.78 is 0. The minimum absolute atomic E-state index is 0.288. The number of aliphatic hydroxyl groups is 1. The van der Waals surface area contributed by atoms with E-state index in [4.69, 9.17) is 0 Å². The number of fused-ring (bicyclic) bond motifs is 1. The summed E-state index contributed by atoms with van der Waals surface area (Å²) >= 11 is 0. The van der Waals surface area contributed by atoms with Crippen LogP contribution in [0.25, 0.3) is 0 Å². The molecule has 1 N–H and O–H groups in total. The fourth-order valence-corrected chi connectivity index (χ4v) is 10.1. The van der Waals surface area contributed by atoms with Crippen LogP contribution in [0.1, 0.15) is 71.3 Å². The van der Waals surface area contributed by atoms with Crippen LogP contribution in [0, 0.1) is 45.3 Å². The van der Waals surface area contributed by atoms with E-state index in [-0.39, 0.29) is 5.41 Å². The van der Waals surface area contributed by atoms with Crippen LogP contribution in [0.4, 0.5) is 0 Å². The van der Waals surface area contributed by atoms with E-state index in [0.29, 0.717) is 34.7 Å². The van der Waals surface area contributed by atoms with Gasteiger partial charge in [-0.2, -0.15) is 0 Å². The molecule has 1 aromatic rings. The van der Waals surface area contributed by atoms with Gasteiger partial charge < -0.3 is 5.11 Å². The maximum absolute atomic E-state index is 10.2. The van der Waals surface area contributed by atoms with E-state index in [9.17, 15) is 5.11 Å². The summed E-state index contributed by atoms with van der Waals surface area (Å²) in [5.41, 5.74) is 5.82. The zero-order valence-electron chi connectivity index (χ0n) is 20.9. The third-order valence-corrected chi connectivity index (χ3v) is 11.4. The molecule has 1 heteroatoms. The number of allylic oxidation sites excluding steroid dienone is 5. The third kappa shape index (κ3) is 2.75. The molecule has 176 valence electrons. The van der Waals surface area contributed by atoms with Crippen molar-refractivity contribution >= 4 is 0 Å². The summed E-state index contributed by atoms with van der Waals surface area (Å²) in [5, 5.41) is 10.2. The van der Waals surface area contributed by atoms with Crippen molar-refractivity contribution in [2.75, 3.05) is 6.61 Å². The molecule has 0 radical (unpaired) electrons. The van der Waals surface area contributed by atoms with Crippen LogP contribution in [-0.4, -0.2) is 11.7 Å². The van der Waals surface area contributed by atoms with Gasteiger partial charge in [-0.05, 0) is 91.4 Å². The Labute approximate surface area is 201 Å². The highest BCUT2D eigenvalue weighted by atomic mass is 16.3. The van der Waals surface area contributed by atoms with Gasteiger partial charge in [0.05, 0.1) is 0 Å². The quantitative estimate of drug-likeness (QED) is 0.467. The first-order valence-corrected chi connectivity index (χ1v) is 13.5. The molecule has 0 unspecified atom stereocenters.